The van der Waals surface area contributed by atoms with Gasteiger partial charge in [-0.3, -0.25) is 0 Å². The Morgan fingerprint density at radius 1 is 1.38 bits per heavy atom. The Kier molecular flexibility index (Phi) is 3.32. The lowest BCUT2D eigenvalue weighted by Gasteiger charge is -2.14. The monoisotopic (exact) mass is 179 g/mol. The molecule has 0 spiro atoms. The molecule has 0 saturated carbocycles. The zero-order valence-electron chi connectivity index (χ0n) is 8.20. The fraction of sp³-hybridized carbons (Fsp3) is 0.455. The highest BCUT2D eigenvalue weighted by Gasteiger charge is 2.07. The molecule has 0 aliphatic rings. The maximum atomic E-state index is 9.26. The normalized spacial score (nSPS) is 15.3. The smallest absolute Gasteiger partial charge is 0.115 e. The second-order valence-electron chi connectivity index (χ2n) is 3.71. The van der Waals surface area contributed by atoms with Gasteiger partial charge in [-0.2, -0.15) is 0 Å². The Labute approximate surface area is 79.4 Å². The van der Waals surface area contributed by atoms with Crippen molar-refractivity contribution in [1.82, 2.24) is 0 Å². The van der Waals surface area contributed by atoms with Crippen LogP contribution >= 0.6 is 0 Å². The van der Waals surface area contributed by atoms with E-state index in [1.54, 1.807) is 12.1 Å². The third kappa shape index (κ3) is 3.07. The molecule has 1 aromatic rings. The first-order valence-corrected chi connectivity index (χ1v) is 4.64. The zero-order valence-corrected chi connectivity index (χ0v) is 8.20. The van der Waals surface area contributed by atoms with Gasteiger partial charge in [0, 0.05) is 6.04 Å². The number of phenolic OH excluding ortho intramolecular Hbond substituents is 1. The van der Waals surface area contributed by atoms with Crippen LogP contribution in [0.2, 0.25) is 0 Å². The predicted molar refractivity (Wildman–Crippen MR) is 54.8 cm³/mol. The van der Waals surface area contributed by atoms with Gasteiger partial charge in [0.25, 0.3) is 0 Å². The number of aromatic hydroxyl groups is 1. The highest BCUT2D eigenvalue weighted by Crippen LogP contribution is 2.22. The molecule has 0 fully saturated rings. The zero-order chi connectivity index (χ0) is 9.84. The summed E-state index contributed by atoms with van der Waals surface area (Å²) in [5, 5.41) is 9.26. The SMILES string of the molecule is CC(N)CC(C)c1cccc(O)c1. The minimum atomic E-state index is 0.206. The number of phenols is 1. The molecule has 0 aliphatic carbocycles. The molecule has 0 heterocycles. The summed E-state index contributed by atoms with van der Waals surface area (Å²) in [6.45, 7) is 4.12. The van der Waals surface area contributed by atoms with Gasteiger partial charge in [0.2, 0.25) is 0 Å². The maximum Gasteiger partial charge on any atom is 0.115 e. The molecule has 2 unspecified atom stereocenters. The Morgan fingerprint density at radius 3 is 2.62 bits per heavy atom. The average Bonchev–Trinajstić information content (AvgIpc) is 2.03. The fourth-order valence-corrected chi connectivity index (χ4v) is 1.53. The summed E-state index contributed by atoms with van der Waals surface area (Å²) in [5.74, 6) is 0.737. The van der Waals surface area contributed by atoms with E-state index in [1.807, 2.05) is 19.1 Å². The Morgan fingerprint density at radius 2 is 2.08 bits per heavy atom. The van der Waals surface area contributed by atoms with Crippen LogP contribution in [-0.2, 0) is 0 Å². The second-order valence-corrected chi connectivity index (χ2v) is 3.71. The fourth-order valence-electron chi connectivity index (χ4n) is 1.53. The van der Waals surface area contributed by atoms with Crippen LogP contribution in [0, 0.1) is 0 Å². The van der Waals surface area contributed by atoms with Crippen molar-refractivity contribution in [3.63, 3.8) is 0 Å². The number of hydrogen-bond donors (Lipinski definition) is 2. The molecule has 3 N–H and O–H groups in total. The van der Waals surface area contributed by atoms with Gasteiger partial charge in [0.1, 0.15) is 5.75 Å². The van der Waals surface area contributed by atoms with E-state index in [2.05, 4.69) is 6.92 Å². The molecule has 0 saturated heterocycles. The summed E-state index contributed by atoms with van der Waals surface area (Å²) in [6, 6.07) is 7.57. The van der Waals surface area contributed by atoms with Crippen LogP contribution in [-0.4, -0.2) is 11.1 Å². The van der Waals surface area contributed by atoms with Crippen LogP contribution < -0.4 is 5.73 Å². The van der Waals surface area contributed by atoms with Crippen LogP contribution in [0.15, 0.2) is 24.3 Å². The molecule has 72 valence electrons. The lowest BCUT2D eigenvalue weighted by Crippen LogP contribution is -2.17. The quantitative estimate of drug-likeness (QED) is 0.747. The van der Waals surface area contributed by atoms with E-state index < -0.39 is 0 Å². The molecule has 2 atom stereocenters. The van der Waals surface area contributed by atoms with E-state index in [9.17, 15) is 5.11 Å². The molecule has 13 heavy (non-hydrogen) atoms. The van der Waals surface area contributed by atoms with Crippen molar-refractivity contribution in [2.24, 2.45) is 5.73 Å². The van der Waals surface area contributed by atoms with E-state index >= 15 is 0 Å². The van der Waals surface area contributed by atoms with Crippen LogP contribution in [0.1, 0.15) is 31.7 Å². The molecule has 0 aliphatic heterocycles. The van der Waals surface area contributed by atoms with Gasteiger partial charge in [0.15, 0.2) is 0 Å². The summed E-state index contributed by atoms with van der Waals surface area (Å²) in [7, 11) is 0. The van der Waals surface area contributed by atoms with Crippen molar-refractivity contribution in [2.45, 2.75) is 32.2 Å². The summed E-state index contributed by atoms with van der Waals surface area (Å²) < 4.78 is 0. The molecule has 2 heteroatoms. The van der Waals surface area contributed by atoms with E-state index in [0.29, 0.717) is 11.7 Å². The summed E-state index contributed by atoms with van der Waals surface area (Å²) in [4.78, 5) is 0. The summed E-state index contributed by atoms with van der Waals surface area (Å²) in [5.41, 5.74) is 6.86. The number of hydrogen-bond acceptors (Lipinski definition) is 2. The van der Waals surface area contributed by atoms with Gasteiger partial charge < -0.3 is 10.8 Å². The van der Waals surface area contributed by atoms with Crippen LogP contribution in [0.3, 0.4) is 0 Å². The average molecular weight is 179 g/mol. The highest BCUT2D eigenvalue weighted by atomic mass is 16.3. The predicted octanol–water partition coefficient (Wildman–Crippen LogP) is 2.23. The van der Waals surface area contributed by atoms with Crippen molar-refractivity contribution in [1.29, 1.82) is 0 Å². The summed E-state index contributed by atoms with van der Waals surface area (Å²) >= 11 is 0. The number of benzene rings is 1. The molecule has 2 nitrogen and oxygen atoms in total. The molecule has 0 aromatic heterocycles. The van der Waals surface area contributed by atoms with E-state index in [4.69, 9.17) is 5.73 Å². The van der Waals surface area contributed by atoms with Gasteiger partial charge in [-0.15, -0.1) is 0 Å². The van der Waals surface area contributed by atoms with Gasteiger partial charge in [0.05, 0.1) is 0 Å². The number of rotatable bonds is 3. The van der Waals surface area contributed by atoms with Crippen molar-refractivity contribution in [2.75, 3.05) is 0 Å². The molecular formula is C11H17NO. The topological polar surface area (TPSA) is 46.2 Å². The highest BCUT2D eigenvalue weighted by molar-refractivity contribution is 5.29. The Balaban J connectivity index is 2.71. The first kappa shape index (κ1) is 10.1. The molecule has 0 radical (unpaired) electrons. The van der Waals surface area contributed by atoms with E-state index in [-0.39, 0.29) is 6.04 Å². The minimum Gasteiger partial charge on any atom is -0.508 e. The van der Waals surface area contributed by atoms with Crippen molar-refractivity contribution in [3.8, 4) is 5.75 Å². The standard InChI is InChI=1S/C11H17NO/c1-8(6-9(2)12)10-4-3-5-11(13)7-10/h3-5,7-9,13H,6,12H2,1-2H3. The van der Waals surface area contributed by atoms with Gasteiger partial charge >= 0.3 is 0 Å². The maximum absolute atomic E-state index is 9.26. The Hall–Kier alpha value is -1.02. The lowest BCUT2D eigenvalue weighted by molar-refractivity contribution is 0.473. The minimum absolute atomic E-state index is 0.206. The molecule has 0 bridgehead atoms. The van der Waals surface area contributed by atoms with Crippen LogP contribution in [0.4, 0.5) is 0 Å². The van der Waals surface area contributed by atoms with Crippen molar-refractivity contribution in [3.05, 3.63) is 29.8 Å². The summed E-state index contributed by atoms with van der Waals surface area (Å²) in [6.07, 6.45) is 0.948. The molecule has 1 rings (SSSR count). The second kappa shape index (κ2) is 4.28. The van der Waals surface area contributed by atoms with Gasteiger partial charge in [-0.05, 0) is 37.0 Å². The third-order valence-electron chi connectivity index (χ3n) is 2.16. The van der Waals surface area contributed by atoms with Crippen LogP contribution in [0.5, 0.6) is 5.75 Å². The molecular weight excluding hydrogens is 162 g/mol. The van der Waals surface area contributed by atoms with E-state index in [1.165, 1.54) is 0 Å². The first-order chi connectivity index (χ1) is 6.09. The Bertz CT molecular complexity index is 271. The first-order valence-electron chi connectivity index (χ1n) is 4.64. The molecule has 1 aromatic carbocycles. The van der Waals surface area contributed by atoms with Gasteiger partial charge in [-0.25, -0.2) is 0 Å². The number of nitrogens with two attached hydrogens (primary N) is 1. The van der Waals surface area contributed by atoms with Crippen molar-refractivity contribution < 1.29 is 5.11 Å². The third-order valence-corrected chi connectivity index (χ3v) is 2.16. The molecule has 0 amide bonds. The van der Waals surface area contributed by atoms with Crippen molar-refractivity contribution >= 4 is 0 Å². The van der Waals surface area contributed by atoms with Gasteiger partial charge in [-0.1, -0.05) is 19.1 Å². The van der Waals surface area contributed by atoms with E-state index in [0.717, 1.165) is 12.0 Å². The van der Waals surface area contributed by atoms with Crippen LogP contribution in [0.25, 0.3) is 0 Å². The largest absolute Gasteiger partial charge is 0.508 e. The lowest BCUT2D eigenvalue weighted by atomic mass is 9.95.